The molecule has 0 atom stereocenters. The Bertz CT molecular complexity index is 371. The van der Waals surface area contributed by atoms with E-state index in [2.05, 4.69) is 19.9 Å². The van der Waals surface area contributed by atoms with Gasteiger partial charge in [0.1, 0.15) is 0 Å². The third-order valence-corrected chi connectivity index (χ3v) is 4.97. The Morgan fingerprint density at radius 2 is 2.31 bits per heavy atom. The van der Waals surface area contributed by atoms with Gasteiger partial charge in [0, 0.05) is 33.0 Å². The Morgan fingerprint density at radius 1 is 1.56 bits per heavy atom. The molecule has 2 rings (SSSR count). The minimum atomic E-state index is 0.545. The number of hydrogen-bond donors (Lipinski definition) is 0. The van der Waals surface area contributed by atoms with Crippen molar-refractivity contribution in [3.63, 3.8) is 0 Å². The van der Waals surface area contributed by atoms with Gasteiger partial charge in [0.25, 0.3) is 0 Å². The van der Waals surface area contributed by atoms with E-state index >= 15 is 0 Å². The van der Waals surface area contributed by atoms with Gasteiger partial charge in [0.2, 0.25) is 6.41 Å². The number of nitrogens with zero attached hydrogens (tertiary/aromatic N) is 1. The fourth-order valence-corrected chi connectivity index (χ4v) is 3.92. The van der Waals surface area contributed by atoms with Crippen molar-refractivity contribution in [1.29, 1.82) is 0 Å². The Balaban J connectivity index is 1.78. The van der Waals surface area contributed by atoms with Gasteiger partial charge < -0.3 is 4.90 Å². The molecule has 88 valence electrons. The van der Waals surface area contributed by atoms with Crippen LogP contribution in [0.5, 0.6) is 0 Å². The van der Waals surface area contributed by atoms with Crippen LogP contribution in [0.15, 0.2) is 11.0 Å². The highest BCUT2D eigenvalue weighted by Crippen LogP contribution is 2.31. The number of hydrogen-bond acceptors (Lipinski definition) is 3. The second-order valence-electron chi connectivity index (χ2n) is 4.20. The second kappa shape index (κ2) is 5.23. The molecule has 1 saturated carbocycles. The predicted molar refractivity (Wildman–Crippen MR) is 70.3 cm³/mol. The lowest BCUT2D eigenvalue weighted by Crippen LogP contribution is -2.26. The highest BCUT2D eigenvalue weighted by Gasteiger charge is 2.27. The van der Waals surface area contributed by atoms with Gasteiger partial charge in [-0.3, -0.25) is 4.79 Å². The number of rotatable bonds is 6. The molecule has 0 aromatic carbocycles. The van der Waals surface area contributed by atoms with Crippen LogP contribution in [0.25, 0.3) is 0 Å². The molecule has 1 fully saturated rings. The molecule has 1 aliphatic carbocycles. The van der Waals surface area contributed by atoms with Crippen LogP contribution in [0.4, 0.5) is 0 Å². The van der Waals surface area contributed by atoms with Crippen molar-refractivity contribution in [1.82, 2.24) is 4.90 Å². The number of amides is 1. The molecule has 0 unspecified atom stereocenters. The summed E-state index contributed by atoms with van der Waals surface area (Å²) in [5.41, 5.74) is 0. The van der Waals surface area contributed by atoms with Crippen LogP contribution in [-0.2, 0) is 4.79 Å². The van der Waals surface area contributed by atoms with Crippen LogP contribution in [0.3, 0.4) is 0 Å². The first-order valence-electron chi connectivity index (χ1n) is 5.61. The van der Waals surface area contributed by atoms with E-state index < -0.39 is 0 Å². The Labute approximate surface area is 105 Å². The molecule has 0 N–H and O–H groups in total. The fourth-order valence-electron chi connectivity index (χ4n) is 1.74. The molecular formula is C12H17NOS2. The maximum atomic E-state index is 10.8. The maximum absolute atomic E-state index is 10.8. The van der Waals surface area contributed by atoms with Crippen molar-refractivity contribution < 1.29 is 4.79 Å². The molecule has 1 heterocycles. The molecule has 0 bridgehead atoms. The van der Waals surface area contributed by atoms with Crippen LogP contribution in [0.1, 0.15) is 22.6 Å². The molecule has 16 heavy (non-hydrogen) atoms. The normalized spacial score (nSPS) is 15.1. The van der Waals surface area contributed by atoms with Gasteiger partial charge in [-0.15, -0.1) is 23.1 Å². The van der Waals surface area contributed by atoms with Gasteiger partial charge in [0.05, 0.1) is 0 Å². The van der Waals surface area contributed by atoms with Crippen LogP contribution >= 0.6 is 23.1 Å². The second-order valence-corrected chi connectivity index (χ2v) is 6.80. The van der Waals surface area contributed by atoms with E-state index in [9.17, 15) is 4.79 Å². The average Bonchev–Trinajstić information content (AvgIpc) is 3.01. The van der Waals surface area contributed by atoms with Gasteiger partial charge in [-0.1, -0.05) is 0 Å². The summed E-state index contributed by atoms with van der Waals surface area (Å²) in [6.07, 6.45) is 3.39. The van der Waals surface area contributed by atoms with Crippen molar-refractivity contribution in [3.8, 4) is 0 Å². The van der Waals surface area contributed by atoms with Crippen LogP contribution in [0.2, 0.25) is 0 Å². The molecule has 1 amide bonds. The van der Waals surface area contributed by atoms with E-state index in [-0.39, 0.29) is 0 Å². The van der Waals surface area contributed by atoms with E-state index in [0.717, 1.165) is 18.7 Å². The van der Waals surface area contributed by atoms with E-state index in [1.54, 1.807) is 0 Å². The van der Waals surface area contributed by atoms with Crippen molar-refractivity contribution in [3.05, 3.63) is 15.8 Å². The first-order valence-corrected chi connectivity index (χ1v) is 7.42. The number of aryl methyl sites for hydroxylation is 2. The summed E-state index contributed by atoms with van der Waals surface area (Å²) in [6.45, 7) is 5.19. The van der Waals surface area contributed by atoms with E-state index in [0.29, 0.717) is 6.04 Å². The number of thiophene rings is 1. The predicted octanol–water partition coefficient (Wildman–Crippen LogP) is 3.08. The largest absolute Gasteiger partial charge is 0.341 e. The Hall–Kier alpha value is -0.480. The van der Waals surface area contributed by atoms with Gasteiger partial charge in [-0.2, -0.15) is 0 Å². The van der Waals surface area contributed by atoms with Gasteiger partial charge in [-0.25, -0.2) is 0 Å². The maximum Gasteiger partial charge on any atom is 0.209 e. The summed E-state index contributed by atoms with van der Waals surface area (Å²) in [5, 5.41) is 0. The lowest BCUT2D eigenvalue weighted by molar-refractivity contribution is -0.118. The van der Waals surface area contributed by atoms with Crippen molar-refractivity contribution in [2.75, 3.05) is 12.3 Å². The summed E-state index contributed by atoms with van der Waals surface area (Å²) in [7, 11) is 0. The zero-order chi connectivity index (χ0) is 11.5. The average molecular weight is 255 g/mol. The molecule has 0 radical (unpaired) electrons. The molecule has 4 heteroatoms. The molecule has 1 aromatic rings. The summed E-state index contributed by atoms with van der Waals surface area (Å²) in [4.78, 5) is 16.9. The highest BCUT2D eigenvalue weighted by atomic mass is 32.2. The SMILES string of the molecule is Cc1cc(SCCN(C=O)C2CC2)c(C)s1. The minimum absolute atomic E-state index is 0.545. The van der Waals surface area contributed by atoms with E-state index in [4.69, 9.17) is 0 Å². The summed E-state index contributed by atoms with van der Waals surface area (Å²) in [5.74, 6) is 1.01. The zero-order valence-electron chi connectivity index (χ0n) is 9.73. The van der Waals surface area contributed by atoms with Crippen LogP contribution in [-0.4, -0.2) is 29.6 Å². The quantitative estimate of drug-likeness (QED) is 0.575. The summed E-state index contributed by atoms with van der Waals surface area (Å²) < 4.78 is 0. The molecule has 1 aliphatic rings. The van der Waals surface area contributed by atoms with Gasteiger partial charge in [0.15, 0.2) is 0 Å². The van der Waals surface area contributed by atoms with Gasteiger partial charge >= 0.3 is 0 Å². The third kappa shape index (κ3) is 3.01. The number of carbonyl (C=O) groups excluding carboxylic acids is 1. The molecular weight excluding hydrogens is 238 g/mol. The standard InChI is InChI=1S/C12H17NOS2/c1-9-7-12(10(2)16-9)15-6-5-13(8-14)11-3-4-11/h7-8,11H,3-6H2,1-2H3. The number of thioether (sulfide) groups is 1. The lowest BCUT2D eigenvalue weighted by Gasteiger charge is -2.15. The van der Waals surface area contributed by atoms with Gasteiger partial charge in [-0.05, 0) is 32.8 Å². The topological polar surface area (TPSA) is 20.3 Å². The highest BCUT2D eigenvalue weighted by molar-refractivity contribution is 7.99. The first-order chi connectivity index (χ1) is 7.70. The molecule has 0 saturated heterocycles. The van der Waals surface area contributed by atoms with Crippen molar-refractivity contribution in [2.24, 2.45) is 0 Å². The van der Waals surface area contributed by atoms with Crippen molar-refractivity contribution in [2.45, 2.75) is 37.6 Å². The Morgan fingerprint density at radius 3 is 2.81 bits per heavy atom. The van der Waals surface area contributed by atoms with Crippen LogP contribution in [0, 0.1) is 13.8 Å². The zero-order valence-corrected chi connectivity index (χ0v) is 11.4. The minimum Gasteiger partial charge on any atom is -0.341 e. The first kappa shape index (κ1) is 12.0. The molecule has 2 nitrogen and oxygen atoms in total. The van der Waals surface area contributed by atoms with E-state index in [1.807, 2.05) is 28.0 Å². The summed E-state index contributed by atoms with van der Waals surface area (Å²) in [6, 6.07) is 2.79. The third-order valence-electron chi connectivity index (χ3n) is 2.75. The van der Waals surface area contributed by atoms with Crippen LogP contribution < -0.4 is 0 Å². The molecule has 0 spiro atoms. The number of carbonyl (C=O) groups is 1. The molecule has 1 aromatic heterocycles. The monoisotopic (exact) mass is 255 g/mol. The van der Waals surface area contributed by atoms with E-state index in [1.165, 1.54) is 27.5 Å². The lowest BCUT2D eigenvalue weighted by atomic mass is 10.4. The fraction of sp³-hybridized carbons (Fsp3) is 0.583. The smallest absolute Gasteiger partial charge is 0.209 e. The summed E-state index contributed by atoms with van der Waals surface area (Å²) >= 11 is 3.72. The molecule has 0 aliphatic heterocycles. The Kier molecular flexibility index (Phi) is 3.92. The van der Waals surface area contributed by atoms with Crippen molar-refractivity contribution >= 4 is 29.5 Å².